The minimum absolute atomic E-state index is 0.748. The van der Waals surface area contributed by atoms with Crippen molar-refractivity contribution >= 4 is 17.2 Å². The highest BCUT2D eigenvalue weighted by Gasteiger charge is 2.10. The SMILES string of the molecule is CNc1cc(-c2ccsc2C)nc(-c2ccccc2)n1. The zero-order valence-corrected chi connectivity index (χ0v) is 12.2. The van der Waals surface area contributed by atoms with E-state index in [9.17, 15) is 0 Å². The van der Waals surface area contributed by atoms with Crippen LogP contribution in [0.25, 0.3) is 22.6 Å². The number of hydrogen-bond donors (Lipinski definition) is 1. The van der Waals surface area contributed by atoms with Crippen molar-refractivity contribution in [3.8, 4) is 22.6 Å². The monoisotopic (exact) mass is 281 g/mol. The molecule has 1 N–H and O–H groups in total. The zero-order valence-electron chi connectivity index (χ0n) is 11.4. The summed E-state index contributed by atoms with van der Waals surface area (Å²) >= 11 is 1.73. The maximum atomic E-state index is 4.71. The third-order valence-electron chi connectivity index (χ3n) is 3.15. The molecule has 3 rings (SSSR count). The molecule has 0 aliphatic carbocycles. The van der Waals surface area contributed by atoms with Gasteiger partial charge in [-0.05, 0) is 18.4 Å². The molecule has 0 saturated carbocycles. The number of nitrogens with one attached hydrogen (secondary N) is 1. The van der Waals surface area contributed by atoms with E-state index in [1.54, 1.807) is 11.3 Å². The number of thiophene rings is 1. The van der Waals surface area contributed by atoms with Gasteiger partial charge in [-0.2, -0.15) is 0 Å². The first-order chi connectivity index (χ1) is 9.78. The summed E-state index contributed by atoms with van der Waals surface area (Å²) in [6, 6.07) is 14.1. The van der Waals surface area contributed by atoms with Gasteiger partial charge >= 0.3 is 0 Å². The van der Waals surface area contributed by atoms with Gasteiger partial charge in [-0.3, -0.25) is 0 Å². The molecule has 2 heterocycles. The van der Waals surface area contributed by atoms with E-state index in [1.165, 1.54) is 10.4 Å². The molecule has 0 atom stereocenters. The molecule has 0 saturated heterocycles. The molecule has 0 fully saturated rings. The Morgan fingerprint density at radius 2 is 1.85 bits per heavy atom. The molecule has 100 valence electrons. The van der Waals surface area contributed by atoms with E-state index < -0.39 is 0 Å². The van der Waals surface area contributed by atoms with Gasteiger partial charge in [0.2, 0.25) is 0 Å². The van der Waals surface area contributed by atoms with Gasteiger partial charge in [0.25, 0.3) is 0 Å². The molecular formula is C16H15N3S. The van der Waals surface area contributed by atoms with E-state index in [-0.39, 0.29) is 0 Å². The molecule has 0 bridgehead atoms. The lowest BCUT2D eigenvalue weighted by atomic mass is 10.1. The number of aromatic nitrogens is 2. The first kappa shape index (κ1) is 12.8. The van der Waals surface area contributed by atoms with Crippen molar-refractivity contribution in [3.63, 3.8) is 0 Å². The first-order valence-corrected chi connectivity index (χ1v) is 7.32. The molecule has 0 spiro atoms. The van der Waals surface area contributed by atoms with Crippen LogP contribution in [0.4, 0.5) is 5.82 Å². The molecule has 20 heavy (non-hydrogen) atoms. The second-order valence-electron chi connectivity index (χ2n) is 4.47. The predicted molar refractivity (Wildman–Crippen MR) is 85.1 cm³/mol. The number of benzene rings is 1. The minimum Gasteiger partial charge on any atom is -0.373 e. The summed E-state index contributed by atoms with van der Waals surface area (Å²) in [5, 5.41) is 5.20. The van der Waals surface area contributed by atoms with Crippen LogP contribution in [-0.2, 0) is 0 Å². The Bertz CT molecular complexity index is 720. The highest BCUT2D eigenvalue weighted by Crippen LogP contribution is 2.29. The van der Waals surface area contributed by atoms with Gasteiger partial charge in [-0.25, -0.2) is 9.97 Å². The lowest BCUT2D eigenvalue weighted by Crippen LogP contribution is -1.98. The molecule has 0 unspecified atom stereocenters. The van der Waals surface area contributed by atoms with Crippen molar-refractivity contribution in [2.45, 2.75) is 6.92 Å². The van der Waals surface area contributed by atoms with Crippen LogP contribution in [0.1, 0.15) is 4.88 Å². The smallest absolute Gasteiger partial charge is 0.162 e. The molecule has 3 aromatic rings. The highest BCUT2D eigenvalue weighted by atomic mass is 32.1. The van der Waals surface area contributed by atoms with Gasteiger partial charge in [0.1, 0.15) is 5.82 Å². The van der Waals surface area contributed by atoms with Gasteiger partial charge < -0.3 is 5.32 Å². The van der Waals surface area contributed by atoms with Crippen LogP contribution in [0.15, 0.2) is 47.8 Å². The van der Waals surface area contributed by atoms with Crippen LogP contribution in [0, 0.1) is 6.92 Å². The molecule has 1 aromatic carbocycles. The quantitative estimate of drug-likeness (QED) is 0.781. The third kappa shape index (κ3) is 2.42. The van der Waals surface area contributed by atoms with E-state index in [2.05, 4.69) is 28.7 Å². The summed E-state index contributed by atoms with van der Waals surface area (Å²) in [5.41, 5.74) is 3.16. The number of nitrogens with zero attached hydrogens (tertiary/aromatic N) is 2. The second kappa shape index (κ2) is 5.43. The average Bonchev–Trinajstić information content (AvgIpc) is 2.94. The third-order valence-corrected chi connectivity index (χ3v) is 3.99. The zero-order chi connectivity index (χ0) is 13.9. The number of rotatable bonds is 3. The number of aryl methyl sites for hydroxylation is 1. The summed E-state index contributed by atoms with van der Waals surface area (Å²) in [6.45, 7) is 2.11. The van der Waals surface area contributed by atoms with Gasteiger partial charge in [0.05, 0.1) is 5.69 Å². The van der Waals surface area contributed by atoms with Crippen molar-refractivity contribution in [2.24, 2.45) is 0 Å². The van der Waals surface area contributed by atoms with Gasteiger partial charge in [0.15, 0.2) is 5.82 Å². The Labute approximate surface area is 122 Å². The fourth-order valence-corrected chi connectivity index (χ4v) is 2.79. The van der Waals surface area contributed by atoms with Gasteiger partial charge in [-0.1, -0.05) is 30.3 Å². The lowest BCUT2D eigenvalue weighted by molar-refractivity contribution is 1.17. The minimum atomic E-state index is 0.748. The van der Waals surface area contributed by atoms with Crippen LogP contribution >= 0.6 is 11.3 Å². The van der Waals surface area contributed by atoms with Crippen LogP contribution in [-0.4, -0.2) is 17.0 Å². The van der Waals surface area contributed by atoms with E-state index in [1.807, 2.05) is 43.4 Å². The van der Waals surface area contributed by atoms with Crippen molar-refractivity contribution in [1.82, 2.24) is 9.97 Å². The Hall–Kier alpha value is -2.20. The van der Waals surface area contributed by atoms with E-state index in [0.29, 0.717) is 0 Å². The summed E-state index contributed by atoms with van der Waals surface area (Å²) in [6.07, 6.45) is 0. The van der Waals surface area contributed by atoms with E-state index in [4.69, 9.17) is 4.98 Å². The Balaban J connectivity index is 2.15. The standard InChI is InChI=1S/C16H15N3S/c1-11-13(8-9-20-11)14-10-15(17-2)19-16(18-14)12-6-4-3-5-7-12/h3-10H,1-2H3,(H,17,18,19). The first-order valence-electron chi connectivity index (χ1n) is 6.44. The average molecular weight is 281 g/mol. The van der Waals surface area contributed by atoms with Crippen molar-refractivity contribution in [2.75, 3.05) is 12.4 Å². The number of anilines is 1. The highest BCUT2D eigenvalue weighted by molar-refractivity contribution is 7.10. The van der Waals surface area contributed by atoms with Gasteiger partial charge in [0, 0.05) is 29.1 Å². The normalized spacial score (nSPS) is 10.5. The van der Waals surface area contributed by atoms with Crippen LogP contribution in [0.5, 0.6) is 0 Å². The molecule has 4 heteroatoms. The molecule has 0 aliphatic rings. The Morgan fingerprint density at radius 3 is 2.50 bits per heavy atom. The van der Waals surface area contributed by atoms with Crippen molar-refractivity contribution in [3.05, 3.63) is 52.7 Å². The van der Waals surface area contributed by atoms with E-state index >= 15 is 0 Å². The maximum Gasteiger partial charge on any atom is 0.162 e. The fraction of sp³-hybridized carbons (Fsp3) is 0.125. The molecule has 0 aliphatic heterocycles. The fourth-order valence-electron chi connectivity index (χ4n) is 2.08. The largest absolute Gasteiger partial charge is 0.373 e. The van der Waals surface area contributed by atoms with Crippen LogP contribution < -0.4 is 5.32 Å². The topological polar surface area (TPSA) is 37.8 Å². The van der Waals surface area contributed by atoms with Crippen LogP contribution in [0.2, 0.25) is 0 Å². The predicted octanol–water partition coefficient (Wildman–Crippen LogP) is 4.22. The molecule has 0 radical (unpaired) electrons. The lowest BCUT2D eigenvalue weighted by Gasteiger charge is -2.08. The summed E-state index contributed by atoms with van der Waals surface area (Å²) < 4.78 is 0. The van der Waals surface area contributed by atoms with E-state index in [0.717, 1.165) is 22.9 Å². The van der Waals surface area contributed by atoms with Gasteiger partial charge in [-0.15, -0.1) is 11.3 Å². The summed E-state index contributed by atoms with van der Waals surface area (Å²) in [5.74, 6) is 1.58. The Morgan fingerprint density at radius 1 is 1.05 bits per heavy atom. The summed E-state index contributed by atoms with van der Waals surface area (Å²) in [7, 11) is 1.88. The number of hydrogen-bond acceptors (Lipinski definition) is 4. The summed E-state index contributed by atoms with van der Waals surface area (Å²) in [4.78, 5) is 10.5. The molecule has 2 aromatic heterocycles. The maximum absolute atomic E-state index is 4.71. The van der Waals surface area contributed by atoms with Crippen molar-refractivity contribution < 1.29 is 0 Å². The van der Waals surface area contributed by atoms with Crippen molar-refractivity contribution in [1.29, 1.82) is 0 Å². The second-order valence-corrected chi connectivity index (χ2v) is 5.59. The van der Waals surface area contributed by atoms with Crippen LogP contribution in [0.3, 0.4) is 0 Å². The molecule has 3 nitrogen and oxygen atoms in total. The molecule has 0 amide bonds. The molecular weight excluding hydrogens is 266 g/mol. The Kier molecular flexibility index (Phi) is 3.48.